The van der Waals surface area contributed by atoms with Gasteiger partial charge in [-0.05, 0) is 36.6 Å². The van der Waals surface area contributed by atoms with Crippen molar-refractivity contribution in [2.75, 3.05) is 31.1 Å². The molecule has 2 fully saturated rings. The number of hydrogen-bond acceptors (Lipinski definition) is 5. The van der Waals surface area contributed by atoms with E-state index in [4.69, 9.17) is 9.15 Å². The van der Waals surface area contributed by atoms with Crippen molar-refractivity contribution in [1.29, 1.82) is 0 Å². The molecule has 6 nitrogen and oxygen atoms in total. The van der Waals surface area contributed by atoms with Crippen molar-refractivity contribution in [2.45, 2.75) is 12.5 Å². The maximum absolute atomic E-state index is 12.0. The first-order valence-corrected chi connectivity index (χ1v) is 8.40. The van der Waals surface area contributed by atoms with Crippen LogP contribution in [-0.2, 0) is 4.74 Å². The lowest BCUT2D eigenvalue weighted by molar-refractivity contribution is 0.0766. The fourth-order valence-corrected chi connectivity index (χ4v) is 3.68. The predicted molar refractivity (Wildman–Crippen MR) is 88.8 cm³/mol. The molecule has 6 heteroatoms. The molecule has 126 valence electrons. The average Bonchev–Trinajstić information content (AvgIpc) is 3.30. The topological polar surface area (TPSA) is 67.6 Å². The van der Waals surface area contributed by atoms with Gasteiger partial charge in [-0.3, -0.25) is 4.79 Å². The van der Waals surface area contributed by atoms with E-state index < -0.39 is 0 Å². The zero-order chi connectivity index (χ0) is 16.4. The van der Waals surface area contributed by atoms with Crippen molar-refractivity contribution in [3.8, 4) is 0 Å². The van der Waals surface area contributed by atoms with Crippen LogP contribution >= 0.6 is 0 Å². The number of carbonyl (C=O) groups is 1. The molecule has 4 heterocycles. The van der Waals surface area contributed by atoms with Gasteiger partial charge in [0, 0.05) is 31.7 Å². The van der Waals surface area contributed by atoms with Gasteiger partial charge in [0.2, 0.25) is 0 Å². The molecular formula is C18H21N3O3. The maximum Gasteiger partial charge on any atom is 0.287 e. The first-order valence-electron chi connectivity index (χ1n) is 8.40. The van der Waals surface area contributed by atoms with Crippen LogP contribution in [0.3, 0.4) is 0 Å². The Hall–Kier alpha value is -2.34. The van der Waals surface area contributed by atoms with Gasteiger partial charge in [-0.15, -0.1) is 0 Å². The number of piperidine rings is 1. The van der Waals surface area contributed by atoms with E-state index in [-0.39, 0.29) is 12.0 Å². The third-order valence-electron chi connectivity index (χ3n) is 4.99. The van der Waals surface area contributed by atoms with Gasteiger partial charge < -0.3 is 19.4 Å². The van der Waals surface area contributed by atoms with Gasteiger partial charge in [0.05, 0.1) is 19.0 Å². The summed E-state index contributed by atoms with van der Waals surface area (Å²) >= 11 is 0. The summed E-state index contributed by atoms with van der Waals surface area (Å²) in [6, 6.07) is 9.37. The number of nitrogens with zero attached hydrogens (tertiary/aromatic N) is 2. The van der Waals surface area contributed by atoms with Crippen molar-refractivity contribution in [3.63, 3.8) is 0 Å². The quantitative estimate of drug-likeness (QED) is 0.929. The number of pyridine rings is 1. The van der Waals surface area contributed by atoms with Gasteiger partial charge in [0.25, 0.3) is 5.91 Å². The molecule has 4 rings (SSSR count). The summed E-state index contributed by atoms with van der Waals surface area (Å²) in [5, 5.41) is 2.92. The van der Waals surface area contributed by atoms with Gasteiger partial charge in [0.1, 0.15) is 5.82 Å². The van der Waals surface area contributed by atoms with Crippen molar-refractivity contribution < 1.29 is 13.9 Å². The van der Waals surface area contributed by atoms with Crippen molar-refractivity contribution in [1.82, 2.24) is 10.3 Å². The molecule has 2 aromatic rings. The third kappa shape index (κ3) is 3.01. The molecule has 2 aliphatic heterocycles. The van der Waals surface area contributed by atoms with E-state index in [1.807, 2.05) is 24.4 Å². The van der Waals surface area contributed by atoms with E-state index in [0.717, 1.165) is 31.9 Å². The Morgan fingerprint density at radius 1 is 1.33 bits per heavy atom. The summed E-state index contributed by atoms with van der Waals surface area (Å²) in [4.78, 5) is 18.8. The summed E-state index contributed by atoms with van der Waals surface area (Å²) in [5.41, 5.74) is 0. The molecular weight excluding hydrogens is 306 g/mol. The highest BCUT2D eigenvalue weighted by Gasteiger charge is 2.41. The number of nitrogens with one attached hydrogen (secondary N) is 1. The molecule has 0 aliphatic carbocycles. The van der Waals surface area contributed by atoms with E-state index in [0.29, 0.717) is 24.1 Å². The number of furan rings is 1. The number of hydrogen-bond donors (Lipinski definition) is 1. The van der Waals surface area contributed by atoms with Crippen molar-refractivity contribution in [2.24, 2.45) is 11.8 Å². The smallest absolute Gasteiger partial charge is 0.287 e. The van der Waals surface area contributed by atoms with Gasteiger partial charge in [-0.2, -0.15) is 0 Å². The van der Waals surface area contributed by atoms with Crippen molar-refractivity contribution in [3.05, 3.63) is 48.6 Å². The predicted octanol–water partition coefficient (Wildman–Crippen LogP) is 1.95. The number of fused-ring (bicyclic) bond motifs is 1. The van der Waals surface area contributed by atoms with Crippen molar-refractivity contribution >= 4 is 11.7 Å². The molecule has 2 aromatic heterocycles. The molecule has 0 aromatic carbocycles. The first-order chi connectivity index (χ1) is 11.8. The third-order valence-corrected chi connectivity index (χ3v) is 4.99. The Bertz CT molecular complexity index is 674. The molecule has 2 saturated heterocycles. The summed E-state index contributed by atoms with van der Waals surface area (Å²) in [6.07, 6.45) is 4.47. The highest BCUT2D eigenvalue weighted by atomic mass is 16.5. The summed E-state index contributed by atoms with van der Waals surface area (Å²) in [5.74, 6) is 2.14. The lowest BCUT2D eigenvalue weighted by Gasteiger charge is -2.36. The van der Waals surface area contributed by atoms with E-state index in [2.05, 4.69) is 15.2 Å². The monoisotopic (exact) mass is 327 g/mol. The average molecular weight is 327 g/mol. The Labute approximate surface area is 140 Å². The summed E-state index contributed by atoms with van der Waals surface area (Å²) < 4.78 is 11.1. The molecule has 1 N–H and O–H groups in total. The largest absolute Gasteiger partial charge is 0.459 e. The Morgan fingerprint density at radius 3 is 3.08 bits per heavy atom. The molecule has 0 unspecified atom stereocenters. The van der Waals surface area contributed by atoms with Gasteiger partial charge in [-0.1, -0.05) is 6.07 Å². The molecule has 0 spiro atoms. The Morgan fingerprint density at radius 2 is 2.29 bits per heavy atom. The minimum Gasteiger partial charge on any atom is -0.459 e. The molecule has 0 bridgehead atoms. The second kappa shape index (κ2) is 6.65. The minimum atomic E-state index is -0.190. The molecule has 1 amide bonds. The highest BCUT2D eigenvalue weighted by molar-refractivity contribution is 5.91. The fourth-order valence-electron chi connectivity index (χ4n) is 3.68. The van der Waals surface area contributed by atoms with Crippen LogP contribution in [0.5, 0.6) is 0 Å². The van der Waals surface area contributed by atoms with Gasteiger partial charge in [-0.25, -0.2) is 4.98 Å². The highest BCUT2D eigenvalue weighted by Crippen LogP contribution is 2.35. The summed E-state index contributed by atoms with van der Waals surface area (Å²) in [6.45, 7) is 3.22. The second-order valence-corrected chi connectivity index (χ2v) is 6.41. The number of amides is 1. The zero-order valence-corrected chi connectivity index (χ0v) is 13.4. The lowest BCUT2D eigenvalue weighted by atomic mass is 9.84. The van der Waals surface area contributed by atoms with Gasteiger partial charge >= 0.3 is 0 Å². The number of rotatable bonds is 4. The maximum atomic E-state index is 12.0. The van der Waals surface area contributed by atoms with Crippen LogP contribution in [-0.4, -0.2) is 43.2 Å². The molecule has 2 aliphatic rings. The molecule has 3 atom stereocenters. The minimum absolute atomic E-state index is 0.0421. The van der Waals surface area contributed by atoms with Crippen LogP contribution in [0, 0.1) is 11.8 Å². The summed E-state index contributed by atoms with van der Waals surface area (Å²) in [7, 11) is 0. The van der Waals surface area contributed by atoms with E-state index in [1.54, 1.807) is 12.1 Å². The van der Waals surface area contributed by atoms with Crippen LogP contribution in [0.1, 0.15) is 17.0 Å². The zero-order valence-electron chi connectivity index (χ0n) is 13.4. The Kier molecular flexibility index (Phi) is 4.21. The molecule has 0 radical (unpaired) electrons. The molecule has 24 heavy (non-hydrogen) atoms. The van der Waals surface area contributed by atoms with Crippen LogP contribution in [0.2, 0.25) is 0 Å². The van der Waals surface area contributed by atoms with Crippen LogP contribution in [0.25, 0.3) is 0 Å². The fraction of sp³-hybridized carbons (Fsp3) is 0.444. The number of ether oxygens (including phenoxy) is 1. The lowest BCUT2D eigenvalue weighted by Crippen LogP contribution is -2.45. The van der Waals surface area contributed by atoms with Crippen LogP contribution in [0.4, 0.5) is 5.82 Å². The number of carbonyl (C=O) groups excluding carboxylic acids is 1. The second-order valence-electron chi connectivity index (χ2n) is 6.41. The van der Waals surface area contributed by atoms with E-state index in [1.165, 1.54) is 6.26 Å². The van der Waals surface area contributed by atoms with E-state index in [9.17, 15) is 4.79 Å². The molecule has 0 saturated carbocycles. The number of aromatic nitrogens is 1. The Balaban J connectivity index is 1.38. The number of anilines is 1. The standard InChI is InChI=1S/C18H21N3O3/c22-18(15-4-3-9-23-15)20-10-16-14-11-21(8-6-13(14)12-24-16)17-5-1-2-7-19-17/h1-5,7,9,13-14,16H,6,8,10-12H2,(H,20,22)/t13-,14-,16+/m0/s1. The van der Waals surface area contributed by atoms with E-state index >= 15 is 0 Å². The van der Waals surface area contributed by atoms with Gasteiger partial charge in [0.15, 0.2) is 5.76 Å². The normalized spacial score (nSPS) is 26.2. The first kappa shape index (κ1) is 15.2. The van der Waals surface area contributed by atoms with Crippen LogP contribution in [0.15, 0.2) is 47.2 Å². The van der Waals surface area contributed by atoms with Crippen LogP contribution < -0.4 is 10.2 Å². The SMILES string of the molecule is O=C(NC[C@H]1OC[C@@H]2CCN(c3ccccn3)C[C@@H]21)c1ccco1.